The van der Waals surface area contributed by atoms with E-state index in [9.17, 15) is 48.2 Å². The maximum Gasteiger partial charge on any atom is 0.505 e. The number of carbonyl (C=O) groups is 7. The largest absolute Gasteiger partial charge is 0.505 e. The molecule has 6 rings (SSSR count). The number of carbonyl (C=O) groups excluding carboxylic acids is 5. The molecule has 1 aliphatic heterocycles. The zero-order chi connectivity index (χ0) is 55.2. The number of allylic oxidation sites excluding steroid dienone is 1. The third-order valence-corrected chi connectivity index (χ3v) is 14.2. The van der Waals surface area contributed by atoms with Crippen molar-refractivity contribution in [3.8, 4) is 0 Å². The summed E-state index contributed by atoms with van der Waals surface area (Å²) in [6.07, 6.45) is -4.34. The van der Waals surface area contributed by atoms with Crippen LogP contribution in [-0.4, -0.2) is 123 Å². The van der Waals surface area contributed by atoms with Crippen molar-refractivity contribution in [2.45, 2.75) is 117 Å². The zero-order valence-electron chi connectivity index (χ0n) is 42.5. The van der Waals surface area contributed by atoms with E-state index in [1.54, 1.807) is 108 Å². The number of esters is 3. The van der Waals surface area contributed by atoms with Crippen LogP contribution in [0.1, 0.15) is 113 Å². The summed E-state index contributed by atoms with van der Waals surface area (Å²) < 4.78 is 48.7. The molecule has 2 aliphatic carbocycles. The highest BCUT2D eigenvalue weighted by Crippen LogP contribution is 2.58. The number of amides is 1. The predicted molar refractivity (Wildman–Crippen MR) is 262 cm³/mol. The molecule has 0 radical (unpaired) electrons. The van der Waals surface area contributed by atoms with Gasteiger partial charge in [0.15, 0.2) is 24.3 Å². The second-order valence-electron chi connectivity index (χ2n) is 18.7. The van der Waals surface area contributed by atoms with Gasteiger partial charge in [0.25, 0.3) is 5.91 Å². The topological polar surface area (TPSA) is 314 Å². The minimum atomic E-state index is -4.94. The number of hydrogen-bond acceptors (Lipinski definition) is 16. The van der Waals surface area contributed by atoms with Crippen LogP contribution in [0.3, 0.4) is 0 Å². The first-order chi connectivity index (χ1) is 34.6. The minimum absolute atomic E-state index is 0.0228. The molecule has 404 valence electrons. The maximum atomic E-state index is 15.1. The molecular weight excluding hydrogens is 990 g/mol. The molecule has 0 aromatic heterocycles. The second kappa shape index (κ2) is 25.8. The van der Waals surface area contributed by atoms with Gasteiger partial charge in [-0.05, 0) is 69.0 Å². The molecule has 2 fully saturated rings. The number of Topliss-reactive ketones (excluding diaryl/α,β-unsaturated/α-hetero) is 1. The summed E-state index contributed by atoms with van der Waals surface area (Å²) in [5.41, 5.74) is -3.31. The Morgan fingerprint density at radius 2 is 1.41 bits per heavy atom. The van der Waals surface area contributed by atoms with Crippen LogP contribution < -0.4 is 5.32 Å². The molecule has 1 saturated heterocycles. The monoisotopic (exact) mass is 1060 g/mol. The summed E-state index contributed by atoms with van der Waals surface area (Å²) >= 11 is 0. The quantitative estimate of drug-likeness (QED) is 0.0252. The van der Waals surface area contributed by atoms with Crippen molar-refractivity contribution in [1.82, 2.24) is 5.32 Å². The first-order valence-corrected chi connectivity index (χ1v) is 25.1. The molecule has 1 saturated carbocycles. The Morgan fingerprint density at radius 3 is 1.88 bits per heavy atom. The number of benzene rings is 3. The molecule has 3 aromatic rings. The Hall–Kier alpha value is -6.32. The molecule has 3 aromatic carbocycles. The van der Waals surface area contributed by atoms with Gasteiger partial charge in [-0.25, -0.2) is 14.2 Å². The van der Waals surface area contributed by atoms with Gasteiger partial charge >= 0.3 is 37.9 Å². The van der Waals surface area contributed by atoms with Crippen molar-refractivity contribution in [2.24, 2.45) is 16.7 Å². The lowest BCUT2D eigenvalue weighted by atomic mass is 9.53. The predicted octanol–water partition coefficient (Wildman–Crippen LogP) is 6.74. The Balaban J connectivity index is 0.000000373. The van der Waals surface area contributed by atoms with Crippen molar-refractivity contribution >= 4 is 49.5 Å². The molecule has 6 N–H and O–H groups in total. The van der Waals surface area contributed by atoms with Crippen molar-refractivity contribution in [3.63, 3.8) is 0 Å². The van der Waals surface area contributed by atoms with Gasteiger partial charge in [0, 0.05) is 37.2 Å². The first-order valence-electron chi connectivity index (χ1n) is 23.6. The lowest BCUT2D eigenvalue weighted by Crippen LogP contribution is -2.75. The standard InChI is InChI=1S/C33H45O14P.C16H15NO3.C3H6O3/c1-19-13-14-32(38,16-43-29(37)23-11-9-8-10-12-23)30(5,6)26(19)27(46-21(3)34)28(36)31(7)20(2)33(47-22(4)35)17-42-25(33)15-24(31)44-18-45-48(39,40)41;18-15(19)11-14(12-7-3-1-4-8-12)17-16(20)13-9-5-2-6-10-13;1-2-6-3(4)5/h8-12,20,24-25,27,38H,13-18H2,1-7H3,(H2,39,40,41);1-10,14H,11H2,(H,17,20)(H,18,19);2H2,1H3,(H,4,5)/t20?,24-,25+,27+,31-,32+,33+;14-;/m01./s1. The van der Waals surface area contributed by atoms with E-state index in [2.05, 4.69) is 14.6 Å². The lowest BCUT2D eigenvalue weighted by Gasteiger charge is -2.62. The third kappa shape index (κ3) is 14.9. The molecule has 74 heavy (non-hydrogen) atoms. The van der Waals surface area contributed by atoms with Crippen LogP contribution in [0, 0.1) is 16.7 Å². The minimum Gasteiger partial charge on any atom is -0.481 e. The number of ketones is 1. The van der Waals surface area contributed by atoms with E-state index in [-0.39, 0.29) is 44.8 Å². The fraction of sp³-hybridized carbons (Fsp3) is 0.481. The number of phosphoric acid groups is 1. The van der Waals surface area contributed by atoms with E-state index in [1.165, 1.54) is 6.92 Å². The lowest BCUT2D eigenvalue weighted by molar-refractivity contribution is -0.321. The SMILES string of the molecule is CC(=O)O[C@@H](C(=O)[C@@]1(C)C(C)[C@]2(OC(C)=O)CO[C@@H]2C[C@@H]1OCOP(=O)(O)O)C1=C(C)CC[C@@](O)(COC(=O)c2ccccc2)C1(C)C.CCOC(=O)O.O=C(O)C[C@@H](NC(=O)c1ccccc1)c1ccccc1. The summed E-state index contributed by atoms with van der Waals surface area (Å²) in [6, 6.07) is 25.6. The molecule has 1 unspecified atom stereocenters. The van der Waals surface area contributed by atoms with Gasteiger partial charge in [0.1, 0.15) is 18.3 Å². The van der Waals surface area contributed by atoms with E-state index in [0.29, 0.717) is 22.3 Å². The fourth-order valence-electron chi connectivity index (χ4n) is 9.54. The van der Waals surface area contributed by atoms with Gasteiger partial charge in [-0.2, -0.15) is 0 Å². The summed E-state index contributed by atoms with van der Waals surface area (Å²) in [5, 5.41) is 31.5. The number of aliphatic carboxylic acids is 1. The maximum absolute atomic E-state index is 15.1. The molecule has 1 heterocycles. The number of aliphatic hydroxyl groups is 1. The number of fused-ring (bicyclic) bond motifs is 1. The number of ether oxygens (including phenoxy) is 6. The third-order valence-electron chi connectivity index (χ3n) is 13.8. The van der Waals surface area contributed by atoms with Crippen molar-refractivity contribution in [2.75, 3.05) is 26.6 Å². The number of hydrogen-bond donors (Lipinski definition) is 6. The molecular formula is C52H66NO20P. The highest BCUT2D eigenvalue weighted by molar-refractivity contribution is 7.46. The first kappa shape index (κ1) is 60.2. The van der Waals surface area contributed by atoms with Crippen LogP contribution in [0.4, 0.5) is 4.79 Å². The Labute approximate surface area is 428 Å². The van der Waals surface area contributed by atoms with Gasteiger partial charge in [-0.1, -0.05) is 93.1 Å². The number of carboxylic acid groups (broad SMARTS) is 2. The molecule has 22 heteroatoms. The van der Waals surface area contributed by atoms with E-state index in [4.69, 9.17) is 33.9 Å². The number of phosphoric ester groups is 1. The van der Waals surface area contributed by atoms with Gasteiger partial charge in [0.2, 0.25) is 0 Å². The molecule has 0 spiro atoms. The van der Waals surface area contributed by atoms with Crippen LogP contribution in [0.5, 0.6) is 0 Å². The average Bonchev–Trinajstić information content (AvgIpc) is 3.33. The van der Waals surface area contributed by atoms with Crippen LogP contribution in [0.2, 0.25) is 0 Å². The number of nitrogens with one attached hydrogen (secondary N) is 1. The van der Waals surface area contributed by atoms with Crippen molar-refractivity contribution in [1.29, 1.82) is 0 Å². The highest BCUT2D eigenvalue weighted by atomic mass is 31.2. The second-order valence-corrected chi connectivity index (χ2v) is 20.0. The normalized spacial score (nSPS) is 24.4. The van der Waals surface area contributed by atoms with E-state index >= 15 is 4.79 Å². The summed E-state index contributed by atoms with van der Waals surface area (Å²) in [6.45, 7) is 11.3. The zero-order valence-corrected chi connectivity index (χ0v) is 43.4. The number of rotatable bonds is 18. The summed E-state index contributed by atoms with van der Waals surface area (Å²) in [5.74, 6) is -4.75. The molecule has 21 nitrogen and oxygen atoms in total. The van der Waals surface area contributed by atoms with E-state index in [0.717, 1.165) is 12.5 Å². The van der Waals surface area contributed by atoms with Crippen LogP contribution in [0.15, 0.2) is 102 Å². The molecule has 8 atom stereocenters. The van der Waals surface area contributed by atoms with Gasteiger partial charge in [0.05, 0.1) is 42.8 Å². The van der Waals surface area contributed by atoms with Gasteiger partial charge in [-0.15, -0.1) is 0 Å². The van der Waals surface area contributed by atoms with E-state index < -0.39 is 109 Å². The number of carboxylic acids is 1. The fourth-order valence-corrected chi connectivity index (χ4v) is 9.74. The Kier molecular flexibility index (Phi) is 21.0. The summed E-state index contributed by atoms with van der Waals surface area (Å²) in [4.78, 5) is 104. The van der Waals surface area contributed by atoms with E-state index in [1.807, 2.05) is 24.3 Å². The Bertz CT molecular complexity index is 2530. The molecule has 0 bridgehead atoms. The van der Waals surface area contributed by atoms with Gasteiger partial charge in [-0.3, -0.25) is 28.5 Å². The highest BCUT2D eigenvalue weighted by Gasteiger charge is 2.70. The van der Waals surface area contributed by atoms with Crippen LogP contribution >= 0.6 is 7.82 Å². The molecule has 1 amide bonds. The van der Waals surface area contributed by atoms with Crippen molar-refractivity contribution < 1.29 is 96.2 Å². The average molecular weight is 1060 g/mol. The van der Waals surface area contributed by atoms with Crippen molar-refractivity contribution in [3.05, 3.63) is 119 Å². The smallest absolute Gasteiger partial charge is 0.481 e. The van der Waals surface area contributed by atoms with Gasteiger partial charge < -0.3 is 58.8 Å². The van der Waals surface area contributed by atoms with Crippen LogP contribution in [-0.2, 0) is 56.7 Å². The molecule has 3 aliphatic rings. The summed E-state index contributed by atoms with van der Waals surface area (Å²) in [7, 11) is -4.94. The van der Waals surface area contributed by atoms with Crippen LogP contribution in [0.25, 0.3) is 0 Å². The Morgan fingerprint density at radius 1 is 0.838 bits per heavy atom.